The lowest BCUT2D eigenvalue weighted by Gasteiger charge is -2.16. The Kier molecular flexibility index (Phi) is 6.98. The summed E-state index contributed by atoms with van der Waals surface area (Å²) in [6, 6.07) is 11.3. The molecule has 0 atom stereocenters. The Hall–Kier alpha value is -3.92. The number of Topliss-reactive ketones (excluding diaryl/α,β-unsaturated/α-hetero) is 1. The van der Waals surface area contributed by atoms with Crippen molar-refractivity contribution in [3.05, 3.63) is 77.1 Å². The lowest BCUT2D eigenvalue weighted by molar-refractivity contribution is -0.137. The van der Waals surface area contributed by atoms with Crippen LogP contribution in [0.25, 0.3) is 11.1 Å². The van der Waals surface area contributed by atoms with Crippen LogP contribution in [0.3, 0.4) is 0 Å². The molecule has 0 aliphatic rings. The number of hydrogen-bond acceptors (Lipinski definition) is 4. The van der Waals surface area contributed by atoms with Crippen molar-refractivity contribution in [3.8, 4) is 11.1 Å². The second-order valence-corrected chi connectivity index (χ2v) is 7.18. The summed E-state index contributed by atoms with van der Waals surface area (Å²) in [5.74, 6) is -1.42. The van der Waals surface area contributed by atoms with Crippen LogP contribution in [0.5, 0.6) is 0 Å². The average Bonchev–Trinajstić information content (AvgIpc) is 2.75. The van der Waals surface area contributed by atoms with E-state index in [1.807, 2.05) is 0 Å². The molecule has 0 fully saturated rings. The highest BCUT2D eigenvalue weighted by molar-refractivity contribution is 6.32. The van der Waals surface area contributed by atoms with Gasteiger partial charge in [-0.2, -0.15) is 13.2 Å². The largest absolute Gasteiger partial charge is 0.465 e. The van der Waals surface area contributed by atoms with Crippen molar-refractivity contribution in [2.24, 2.45) is 0 Å². The van der Waals surface area contributed by atoms with Crippen LogP contribution >= 0.6 is 11.6 Å². The summed E-state index contributed by atoms with van der Waals surface area (Å²) in [6.07, 6.45) is -3.92. The van der Waals surface area contributed by atoms with Crippen molar-refractivity contribution >= 4 is 40.8 Å². The first kappa shape index (κ1) is 23.7. The summed E-state index contributed by atoms with van der Waals surface area (Å²) in [5, 5.41) is 12.2. The van der Waals surface area contributed by atoms with Crippen LogP contribution in [0.15, 0.2) is 60.9 Å². The van der Waals surface area contributed by atoms with Crippen LogP contribution in [0, 0.1) is 0 Å². The minimum absolute atomic E-state index is 0.237. The molecule has 0 saturated heterocycles. The topological polar surface area (TPSA) is 108 Å². The smallest absolute Gasteiger partial charge is 0.417 e. The molecule has 2 aromatic carbocycles. The molecule has 0 aliphatic carbocycles. The van der Waals surface area contributed by atoms with Crippen LogP contribution in [-0.2, 0) is 11.0 Å². The maximum atomic E-state index is 13.1. The van der Waals surface area contributed by atoms with E-state index in [1.165, 1.54) is 6.07 Å². The van der Waals surface area contributed by atoms with Crippen molar-refractivity contribution < 1.29 is 32.7 Å². The number of halogens is 4. The van der Waals surface area contributed by atoms with Crippen molar-refractivity contribution in [3.63, 3.8) is 0 Å². The zero-order valence-electron chi connectivity index (χ0n) is 16.6. The maximum absolute atomic E-state index is 13.1. The van der Waals surface area contributed by atoms with E-state index in [1.54, 1.807) is 48.0 Å². The number of ketones is 1. The van der Waals surface area contributed by atoms with E-state index in [0.717, 1.165) is 11.6 Å². The number of benzene rings is 2. The summed E-state index contributed by atoms with van der Waals surface area (Å²) < 4.78 is 39.2. The minimum atomic E-state index is -4.84. The quantitative estimate of drug-likeness (QED) is 0.311. The van der Waals surface area contributed by atoms with Gasteiger partial charge in [0.05, 0.1) is 28.4 Å². The van der Waals surface area contributed by atoms with Crippen molar-refractivity contribution in [1.82, 2.24) is 4.98 Å². The predicted octanol–water partition coefficient (Wildman–Crippen LogP) is 5.72. The number of carbonyl (C=O) groups is 3. The predicted molar refractivity (Wildman–Crippen MR) is 115 cm³/mol. The van der Waals surface area contributed by atoms with Gasteiger partial charge in [-0.05, 0) is 29.8 Å². The third-order valence-corrected chi connectivity index (χ3v) is 4.74. The van der Waals surface area contributed by atoms with Gasteiger partial charge in [0.2, 0.25) is 5.91 Å². The van der Waals surface area contributed by atoms with E-state index in [2.05, 4.69) is 10.3 Å². The molecule has 0 bridgehead atoms. The molecule has 1 heterocycles. The van der Waals surface area contributed by atoms with E-state index in [0.29, 0.717) is 11.6 Å². The Morgan fingerprint density at radius 3 is 2.30 bits per heavy atom. The monoisotopic (exact) mass is 477 g/mol. The Morgan fingerprint density at radius 2 is 1.67 bits per heavy atom. The number of anilines is 2. The zero-order chi connectivity index (χ0) is 24.2. The molecule has 7 nitrogen and oxygen atoms in total. The third-order valence-electron chi connectivity index (χ3n) is 4.43. The summed E-state index contributed by atoms with van der Waals surface area (Å²) >= 11 is 5.66. The lowest BCUT2D eigenvalue weighted by Crippen LogP contribution is -2.19. The molecule has 0 unspecified atom stereocenters. The molecule has 3 N–H and O–H groups in total. The van der Waals surface area contributed by atoms with Gasteiger partial charge >= 0.3 is 12.3 Å². The normalized spacial score (nSPS) is 11.0. The number of hydrogen-bond donors (Lipinski definition) is 3. The summed E-state index contributed by atoms with van der Waals surface area (Å²) in [4.78, 5) is 40.0. The number of pyridine rings is 1. The fraction of sp³-hybridized carbons (Fsp3) is 0.0909. The molecule has 33 heavy (non-hydrogen) atoms. The van der Waals surface area contributed by atoms with Gasteiger partial charge in [-0.3, -0.25) is 19.9 Å². The van der Waals surface area contributed by atoms with Gasteiger partial charge in [-0.15, -0.1) is 0 Å². The second-order valence-electron chi connectivity index (χ2n) is 6.78. The summed E-state index contributed by atoms with van der Waals surface area (Å²) in [6.45, 7) is 0. The van der Waals surface area contributed by atoms with Crippen molar-refractivity contribution in [2.45, 2.75) is 12.6 Å². The SMILES string of the molecule is O=C(O)Nc1cc(C(F)(F)F)c(Cl)cc1NC(=O)CC(=O)c1cccc(-c2cccnc2)c1. The number of carbonyl (C=O) groups excluding carboxylic acids is 2. The van der Waals surface area contributed by atoms with E-state index >= 15 is 0 Å². The molecule has 3 rings (SSSR count). The Morgan fingerprint density at radius 1 is 0.970 bits per heavy atom. The Labute approximate surface area is 190 Å². The van der Waals surface area contributed by atoms with Gasteiger partial charge in [0.15, 0.2) is 5.78 Å². The van der Waals surface area contributed by atoms with Gasteiger partial charge in [-0.25, -0.2) is 4.79 Å². The zero-order valence-corrected chi connectivity index (χ0v) is 17.4. The molecular weight excluding hydrogens is 463 g/mol. The van der Waals surface area contributed by atoms with E-state index in [-0.39, 0.29) is 11.3 Å². The van der Waals surface area contributed by atoms with Crippen molar-refractivity contribution in [1.29, 1.82) is 0 Å². The second kappa shape index (κ2) is 9.70. The summed E-state index contributed by atoms with van der Waals surface area (Å²) in [7, 11) is 0. The highest BCUT2D eigenvalue weighted by Gasteiger charge is 2.34. The number of aromatic nitrogens is 1. The number of nitrogens with zero attached hydrogens (tertiary/aromatic N) is 1. The average molecular weight is 478 g/mol. The van der Waals surface area contributed by atoms with Crippen molar-refractivity contribution in [2.75, 3.05) is 10.6 Å². The van der Waals surface area contributed by atoms with E-state index in [4.69, 9.17) is 16.7 Å². The molecular formula is C22H15ClF3N3O4. The Bertz CT molecular complexity index is 1220. The van der Waals surface area contributed by atoms with Gasteiger partial charge in [-0.1, -0.05) is 35.9 Å². The molecule has 0 radical (unpaired) electrons. The number of carboxylic acid groups (broad SMARTS) is 1. The fourth-order valence-electron chi connectivity index (χ4n) is 2.96. The molecule has 0 aliphatic heterocycles. The maximum Gasteiger partial charge on any atom is 0.417 e. The first-order chi connectivity index (χ1) is 15.5. The van der Waals surface area contributed by atoms with E-state index < -0.39 is 46.7 Å². The van der Waals surface area contributed by atoms with Crippen LogP contribution in [0.4, 0.5) is 29.3 Å². The van der Waals surface area contributed by atoms with Crippen LogP contribution in [0.1, 0.15) is 22.3 Å². The number of rotatable bonds is 6. The molecule has 1 aromatic heterocycles. The fourth-order valence-corrected chi connectivity index (χ4v) is 3.23. The highest BCUT2D eigenvalue weighted by Crippen LogP contribution is 2.39. The van der Waals surface area contributed by atoms with Crippen LogP contribution in [0.2, 0.25) is 5.02 Å². The molecule has 0 spiro atoms. The first-order valence-electron chi connectivity index (χ1n) is 9.29. The lowest BCUT2D eigenvalue weighted by atomic mass is 10.0. The standard InChI is InChI=1S/C22H15ClF3N3O4/c23-16-9-18(17(29-21(32)33)8-15(16)22(24,25)26)28-20(31)10-19(30)13-4-1-3-12(7-13)14-5-2-6-27-11-14/h1-9,11,29H,10H2,(H,28,31)(H,32,33). The molecule has 170 valence electrons. The van der Waals surface area contributed by atoms with Crippen LogP contribution in [-0.4, -0.2) is 27.9 Å². The number of alkyl halides is 3. The van der Waals surface area contributed by atoms with Gasteiger partial charge in [0.25, 0.3) is 0 Å². The molecule has 2 amide bonds. The molecule has 0 saturated carbocycles. The summed E-state index contributed by atoms with van der Waals surface area (Å²) in [5.41, 5.74) is -0.442. The highest BCUT2D eigenvalue weighted by atomic mass is 35.5. The Balaban J connectivity index is 1.80. The van der Waals surface area contributed by atoms with Gasteiger partial charge in [0.1, 0.15) is 0 Å². The van der Waals surface area contributed by atoms with E-state index in [9.17, 15) is 27.6 Å². The molecule has 11 heteroatoms. The molecule has 3 aromatic rings. The van der Waals surface area contributed by atoms with Crippen LogP contribution < -0.4 is 10.6 Å². The first-order valence-corrected chi connectivity index (χ1v) is 9.66. The number of nitrogens with one attached hydrogen (secondary N) is 2. The minimum Gasteiger partial charge on any atom is -0.465 e. The van der Waals surface area contributed by atoms with Gasteiger partial charge in [0, 0.05) is 23.5 Å². The number of amides is 2. The third kappa shape index (κ3) is 6.07. The van der Waals surface area contributed by atoms with Gasteiger partial charge < -0.3 is 10.4 Å².